The van der Waals surface area contributed by atoms with Gasteiger partial charge in [-0.25, -0.2) is 0 Å². The molecule has 102 valence electrons. The lowest BCUT2D eigenvalue weighted by molar-refractivity contribution is -0.199. The topological polar surface area (TPSA) is 65.0 Å². The number of aliphatic hydroxyl groups is 1. The standard InChI is InChI=1S/C13H20O5/c14-7-9-8-5-12(15)17-10(8)6-11(9)18-13-3-1-2-4-16-13/h8-11,13-14H,1-7H2/t8-,9-,10+,11-,13-/m1/s1. The molecule has 3 fully saturated rings. The Balaban J connectivity index is 1.61. The van der Waals surface area contributed by atoms with Crippen LogP contribution in [0.25, 0.3) is 0 Å². The van der Waals surface area contributed by atoms with Gasteiger partial charge in [-0.05, 0) is 19.3 Å². The molecule has 1 saturated carbocycles. The van der Waals surface area contributed by atoms with Crippen molar-refractivity contribution in [3.63, 3.8) is 0 Å². The molecular formula is C13H20O5. The number of fused-ring (bicyclic) bond motifs is 1. The summed E-state index contributed by atoms with van der Waals surface area (Å²) in [5, 5.41) is 9.51. The minimum Gasteiger partial charge on any atom is -0.462 e. The maximum atomic E-state index is 11.2. The Hall–Kier alpha value is -0.650. The van der Waals surface area contributed by atoms with Gasteiger partial charge < -0.3 is 19.3 Å². The van der Waals surface area contributed by atoms with E-state index in [1.165, 1.54) is 0 Å². The van der Waals surface area contributed by atoms with Crippen LogP contribution in [0.3, 0.4) is 0 Å². The lowest BCUT2D eigenvalue weighted by Gasteiger charge is -2.29. The zero-order valence-corrected chi connectivity index (χ0v) is 10.4. The molecule has 0 radical (unpaired) electrons. The maximum Gasteiger partial charge on any atom is 0.306 e. The average Bonchev–Trinajstić information content (AvgIpc) is 2.85. The SMILES string of the molecule is O=C1C[C@@H]2[C@@H](CO)[C@H](O[C@@H]3CCCCO3)C[C@@H]2O1. The van der Waals surface area contributed by atoms with Crippen LogP contribution in [0, 0.1) is 11.8 Å². The lowest BCUT2D eigenvalue weighted by atomic mass is 9.93. The molecule has 0 amide bonds. The molecule has 3 aliphatic rings. The van der Waals surface area contributed by atoms with E-state index in [-0.39, 0.29) is 42.9 Å². The van der Waals surface area contributed by atoms with E-state index in [1.807, 2.05) is 0 Å². The summed E-state index contributed by atoms with van der Waals surface area (Å²) in [6, 6.07) is 0. The Labute approximate surface area is 106 Å². The molecule has 0 bridgehead atoms. The molecule has 3 rings (SSSR count). The van der Waals surface area contributed by atoms with Crippen LogP contribution >= 0.6 is 0 Å². The van der Waals surface area contributed by atoms with Gasteiger partial charge in [0, 0.05) is 31.5 Å². The molecule has 2 saturated heterocycles. The summed E-state index contributed by atoms with van der Waals surface area (Å²) in [5.74, 6) is -0.0149. The number of aliphatic hydroxyl groups excluding tert-OH is 1. The van der Waals surface area contributed by atoms with Gasteiger partial charge in [-0.3, -0.25) is 4.79 Å². The van der Waals surface area contributed by atoms with E-state index in [1.54, 1.807) is 0 Å². The molecule has 0 spiro atoms. The van der Waals surface area contributed by atoms with Gasteiger partial charge in [0.1, 0.15) is 6.10 Å². The first kappa shape index (κ1) is 12.4. The summed E-state index contributed by atoms with van der Waals surface area (Å²) in [6.45, 7) is 0.804. The molecule has 2 aliphatic heterocycles. The van der Waals surface area contributed by atoms with Crippen LogP contribution in [0.15, 0.2) is 0 Å². The zero-order chi connectivity index (χ0) is 12.5. The monoisotopic (exact) mass is 256 g/mol. The number of ether oxygens (including phenoxy) is 3. The first-order valence-electron chi connectivity index (χ1n) is 6.85. The van der Waals surface area contributed by atoms with E-state index in [0.717, 1.165) is 25.9 Å². The molecule has 1 aliphatic carbocycles. The van der Waals surface area contributed by atoms with Crippen molar-refractivity contribution in [3.8, 4) is 0 Å². The third kappa shape index (κ3) is 2.27. The third-order valence-electron chi connectivity index (χ3n) is 4.33. The zero-order valence-electron chi connectivity index (χ0n) is 10.4. The van der Waals surface area contributed by atoms with E-state index >= 15 is 0 Å². The molecule has 18 heavy (non-hydrogen) atoms. The predicted molar refractivity (Wildman–Crippen MR) is 61.6 cm³/mol. The number of carbonyl (C=O) groups excluding carboxylic acids is 1. The number of carbonyl (C=O) groups is 1. The van der Waals surface area contributed by atoms with Gasteiger partial charge in [-0.1, -0.05) is 0 Å². The first-order valence-corrected chi connectivity index (χ1v) is 6.85. The Kier molecular flexibility index (Phi) is 3.54. The average molecular weight is 256 g/mol. The fraction of sp³-hybridized carbons (Fsp3) is 0.923. The van der Waals surface area contributed by atoms with E-state index in [9.17, 15) is 9.90 Å². The summed E-state index contributed by atoms with van der Waals surface area (Å²) in [6.07, 6.45) is 4.00. The molecule has 2 heterocycles. The van der Waals surface area contributed by atoms with E-state index in [2.05, 4.69) is 0 Å². The van der Waals surface area contributed by atoms with Crippen molar-refractivity contribution < 1.29 is 24.1 Å². The Morgan fingerprint density at radius 3 is 3.00 bits per heavy atom. The van der Waals surface area contributed by atoms with Crippen LogP contribution in [-0.2, 0) is 19.0 Å². The Morgan fingerprint density at radius 2 is 2.28 bits per heavy atom. The normalized spacial score (nSPS) is 43.8. The molecule has 5 atom stereocenters. The fourth-order valence-electron chi connectivity index (χ4n) is 3.38. The molecule has 0 unspecified atom stereocenters. The highest BCUT2D eigenvalue weighted by Crippen LogP contribution is 2.43. The molecular weight excluding hydrogens is 236 g/mol. The van der Waals surface area contributed by atoms with Crippen molar-refractivity contribution in [3.05, 3.63) is 0 Å². The maximum absolute atomic E-state index is 11.2. The van der Waals surface area contributed by atoms with Crippen molar-refractivity contribution in [1.82, 2.24) is 0 Å². The Bertz CT molecular complexity index is 313. The Morgan fingerprint density at radius 1 is 1.39 bits per heavy atom. The van der Waals surface area contributed by atoms with E-state index in [0.29, 0.717) is 12.8 Å². The largest absolute Gasteiger partial charge is 0.462 e. The van der Waals surface area contributed by atoms with Gasteiger partial charge in [0.25, 0.3) is 0 Å². The van der Waals surface area contributed by atoms with Crippen molar-refractivity contribution >= 4 is 5.97 Å². The minimum atomic E-state index is -0.146. The highest BCUT2D eigenvalue weighted by atomic mass is 16.7. The number of rotatable bonds is 3. The number of esters is 1. The second-order valence-electron chi connectivity index (χ2n) is 5.45. The van der Waals surface area contributed by atoms with Crippen molar-refractivity contribution in [2.45, 2.75) is 50.6 Å². The van der Waals surface area contributed by atoms with E-state index < -0.39 is 0 Å². The molecule has 0 aromatic rings. The van der Waals surface area contributed by atoms with Crippen LogP contribution in [0.2, 0.25) is 0 Å². The minimum absolute atomic E-state index is 0.00646. The van der Waals surface area contributed by atoms with Gasteiger partial charge >= 0.3 is 5.97 Å². The van der Waals surface area contributed by atoms with Crippen LogP contribution in [0.5, 0.6) is 0 Å². The number of hydrogen-bond acceptors (Lipinski definition) is 5. The van der Waals surface area contributed by atoms with Crippen LogP contribution in [0.1, 0.15) is 32.1 Å². The molecule has 0 aromatic carbocycles. The van der Waals surface area contributed by atoms with Gasteiger partial charge in [-0.2, -0.15) is 0 Å². The smallest absolute Gasteiger partial charge is 0.306 e. The van der Waals surface area contributed by atoms with Crippen molar-refractivity contribution in [2.24, 2.45) is 11.8 Å². The molecule has 1 N–H and O–H groups in total. The summed E-state index contributed by atoms with van der Waals surface area (Å²) in [4.78, 5) is 11.2. The lowest BCUT2D eigenvalue weighted by Crippen LogP contribution is -2.33. The molecule has 5 nitrogen and oxygen atoms in total. The van der Waals surface area contributed by atoms with Crippen molar-refractivity contribution in [1.29, 1.82) is 0 Å². The van der Waals surface area contributed by atoms with Crippen LogP contribution in [-0.4, -0.2) is 42.8 Å². The highest BCUT2D eigenvalue weighted by Gasteiger charge is 2.50. The summed E-state index contributed by atoms with van der Waals surface area (Å²) >= 11 is 0. The second kappa shape index (κ2) is 5.15. The summed E-state index contributed by atoms with van der Waals surface area (Å²) in [5.41, 5.74) is 0. The van der Waals surface area contributed by atoms with Crippen LogP contribution < -0.4 is 0 Å². The summed E-state index contributed by atoms with van der Waals surface area (Å²) in [7, 11) is 0. The highest BCUT2D eigenvalue weighted by molar-refractivity contribution is 5.72. The van der Waals surface area contributed by atoms with Gasteiger partial charge in [0.15, 0.2) is 6.29 Å². The number of hydrogen-bond donors (Lipinski definition) is 1. The van der Waals surface area contributed by atoms with Crippen molar-refractivity contribution in [2.75, 3.05) is 13.2 Å². The predicted octanol–water partition coefficient (Wildman–Crippen LogP) is 0.842. The molecule has 5 heteroatoms. The van der Waals surface area contributed by atoms with Gasteiger partial charge in [0.2, 0.25) is 0 Å². The fourth-order valence-corrected chi connectivity index (χ4v) is 3.38. The van der Waals surface area contributed by atoms with Gasteiger partial charge in [-0.15, -0.1) is 0 Å². The molecule has 0 aromatic heterocycles. The van der Waals surface area contributed by atoms with Crippen LogP contribution in [0.4, 0.5) is 0 Å². The third-order valence-corrected chi connectivity index (χ3v) is 4.33. The second-order valence-corrected chi connectivity index (χ2v) is 5.45. The summed E-state index contributed by atoms with van der Waals surface area (Å²) < 4.78 is 16.8. The van der Waals surface area contributed by atoms with Gasteiger partial charge in [0.05, 0.1) is 12.5 Å². The van der Waals surface area contributed by atoms with E-state index in [4.69, 9.17) is 14.2 Å². The first-order chi connectivity index (χ1) is 8.78. The quantitative estimate of drug-likeness (QED) is 0.758.